The van der Waals surface area contributed by atoms with Crippen molar-refractivity contribution >= 4 is 15.9 Å². The topological polar surface area (TPSA) is 50.7 Å². The SMILES string of the molecule is CC(NCC(O)COc1ccc(Br)cc1)C1CCOCC1. The summed E-state index contributed by atoms with van der Waals surface area (Å²) < 4.78 is 12.0. The maximum atomic E-state index is 9.99. The van der Waals surface area contributed by atoms with Gasteiger partial charge in [-0.1, -0.05) is 15.9 Å². The molecule has 1 saturated heterocycles. The predicted octanol–water partition coefficient (Wildman–Crippen LogP) is 2.59. The summed E-state index contributed by atoms with van der Waals surface area (Å²) in [6, 6.07) is 8.01. The average Bonchev–Trinajstić information content (AvgIpc) is 2.53. The van der Waals surface area contributed by atoms with Gasteiger partial charge in [-0.2, -0.15) is 0 Å². The third-order valence-corrected chi connectivity index (χ3v) is 4.43. The van der Waals surface area contributed by atoms with Gasteiger partial charge in [0.15, 0.2) is 0 Å². The number of aliphatic hydroxyl groups is 1. The van der Waals surface area contributed by atoms with Crippen molar-refractivity contribution in [2.24, 2.45) is 5.92 Å². The lowest BCUT2D eigenvalue weighted by Crippen LogP contribution is -2.41. The maximum Gasteiger partial charge on any atom is 0.119 e. The van der Waals surface area contributed by atoms with Gasteiger partial charge in [0.1, 0.15) is 18.5 Å². The zero-order chi connectivity index (χ0) is 15.1. The van der Waals surface area contributed by atoms with E-state index in [1.54, 1.807) is 0 Å². The second-order valence-corrected chi connectivity index (χ2v) is 6.48. The first-order valence-electron chi connectivity index (χ1n) is 7.52. The monoisotopic (exact) mass is 357 g/mol. The lowest BCUT2D eigenvalue weighted by Gasteiger charge is -2.29. The summed E-state index contributed by atoms with van der Waals surface area (Å²) in [7, 11) is 0. The lowest BCUT2D eigenvalue weighted by molar-refractivity contribution is 0.0512. The first kappa shape index (κ1) is 16.7. The van der Waals surface area contributed by atoms with Crippen molar-refractivity contribution in [2.45, 2.75) is 31.9 Å². The molecule has 0 aliphatic carbocycles. The van der Waals surface area contributed by atoms with E-state index in [1.165, 1.54) is 0 Å². The van der Waals surface area contributed by atoms with Crippen LogP contribution in [0, 0.1) is 5.92 Å². The predicted molar refractivity (Wildman–Crippen MR) is 86.7 cm³/mol. The molecule has 2 atom stereocenters. The van der Waals surface area contributed by atoms with Crippen LogP contribution in [-0.4, -0.2) is 43.6 Å². The van der Waals surface area contributed by atoms with Crippen molar-refractivity contribution in [3.05, 3.63) is 28.7 Å². The Balaban J connectivity index is 1.64. The van der Waals surface area contributed by atoms with Gasteiger partial charge in [-0.25, -0.2) is 0 Å². The van der Waals surface area contributed by atoms with Crippen molar-refractivity contribution < 1.29 is 14.6 Å². The molecule has 2 rings (SSSR count). The summed E-state index contributed by atoms with van der Waals surface area (Å²) in [5, 5.41) is 13.4. The minimum atomic E-state index is -0.504. The standard InChI is InChI=1S/C16H24BrNO3/c1-12(13-6-8-20-9-7-13)18-10-15(19)11-21-16-4-2-14(17)3-5-16/h2-5,12-13,15,18-19H,6-11H2,1H3. The molecule has 1 aromatic carbocycles. The normalized spacial score (nSPS) is 19.2. The van der Waals surface area contributed by atoms with Gasteiger partial charge in [0, 0.05) is 30.3 Å². The zero-order valence-electron chi connectivity index (χ0n) is 12.4. The fraction of sp³-hybridized carbons (Fsp3) is 0.625. The molecular weight excluding hydrogens is 334 g/mol. The van der Waals surface area contributed by atoms with Gasteiger partial charge < -0.3 is 19.9 Å². The van der Waals surface area contributed by atoms with Crippen molar-refractivity contribution in [3.63, 3.8) is 0 Å². The van der Waals surface area contributed by atoms with E-state index in [1.807, 2.05) is 24.3 Å². The lowest BCUT2D eigenvalue weighted by atomic mass is 9.93. The van der Waals surface area contributed by atoms with Crippen LogP contribution in [0.25, 0.3) is 0 Å². The molecule has 4 nitrogen and oxygen atoms in total. The van der Waals surface area contributed by atoms with Crippen LogP contribution >= 0.6 is 15.9 Å². The zero-order valence-corrected chi connectivity index (χ0v) is 14.0. The Morgan fingerprint density at radius 3 is 2.67 bits per heavy atom. The van der Waals surface area contributed by atoms with E-state index in [9.17, 15) is 5.11 Å². The molecule has 1 aromatic rings. The molecule has 21 heavy (non-hydrogen) atoms. The number of nitrogens with one attached hydrogen (secondary N) is 1. The van der Waals surface area contributed by atoms with Crippen LogP contribution in [0.3, 0.4) is 0 Å². The molecule has 0 radical (unpaired) electrons. The van der Waals surface area contributed by atoms with Crippen LogP contribution in [0.5, 0.6) is 5.75 Å². The third kappa shape index (κ3) is 5.94. The highest BCUT2D eigenvalue weighted by Crippen LogP contribution is 2.18. The Hall–Kier alpha value is -0.620. The van der Waals surface area contributed by atoms with Crippen molar-refractivity contribution in [1.82, 2.24) is 5.32 Å². The third-order valence-electron chi connectivity index (χ3n) is 3.90. The largest absolute Gasteiger partial charge is 0.491 e. The summed E-state index contributed by atoms with van der Waals surface area (Å²) in [6.45, 7) is 4.74. The summed E-state index contributed by atoms with van der Waals surface area (Å²) in [4.78, 5) is 0. The van der Waals surface area contributed by atoms with E-state index in [4.69, 9.17) is 9.47 Å². The smallest absolute Gasteiger partial charge is 0.119 e. The Morgan fingerprint density at radius 2 is 2.00 bits per heavy atom. The Morgan fingerprint density at radius 1 is 1.33 bits per heavy atom. The van der Waals surface area contributed by atoms with E-state index in [0.29, 0.717) is 25.1 Å². The van der Waals surface area contributed by atoms with Gasteiger partial charge in [-0.15, -0.1) is 0 Å². The quantitative estimate of drug-likeness (QED) is 0.787. The maximum absolute atomic E-state index is 9.99. The van der Waals surface area contributed by atoms with Crippen LogP contribution in [-0.2, 0) is 4.74 Å². The van der Waals surface area contributed by atoms with E-state index < -0.39 is 6.10 Å². The second kappa shape index (κ2) is 8.73. The highest BCUT2D eigenvalue weighted by molar-refractivity contribution is 9.10. The Bertz CT molecular complexity index is 406. The van der Waals surface area contributed by atoms with E-state index in [2.05, 4.69) is 28.2 Å². The molecule has 5 heteroatoms. The number of ether oxygens (including phenoxy) is 2. The van der Waals surface area contributed by atoms with Crippen LogP contribution < -0.4 is 10.1 Å². The van der Waals surface area contributed by atoms with Gasteiger partial charge in [0.2, 0.25) is 0 Å². The van der Waals surface area contributed by atoms with E-state index in [-0.39, 0.29) is 0 Å². The molecule has 0 aromatic heterocycles. The van der Waals surface area contributed by atoms with Crippen molar-refractivity contribution in [2.75, 3.05) is 26.4 Å². The molecule has 0 bridgehead atoms. The molecule has 1 heterocycles. The number of rotatable bonds is 7. The molecule has 1 aliphatic heterocycles. The Kier molecular flexibility index (Phi) is 6.96. The summed E-state index contributed by atoms with van der Waals surface area (Å²) >= 11 is 3.38. The number of benzene rings is 1. The van der Waals surface area contributed by atoms with Gasteiger partial charge in [0.25, 0.3) is 0 Å². The summed E-state index contributed by atoms with van der Waals surface area (Å²) in [6.07, 6.45) is 1.69. The summed E-state index contributed by atoms with van der Waals surface area (Å²) in [5.74, 6) is 1.41. The number of hydrogen-bond acceptors (Lipinski definition) is 4. The molecule has 1 aliphatic rings. The number of aliphatic hydroxyl groups excluding tert-OH is 1. The molecule has 0 spiro atoms. The van der Waals surface area contributed by atoms with Crippen LogP contribution in [0.1, 0.15) is 19.8 Å². The van der Waals surface area contributed by atoms with Gasteiger partial charge in [0.05, 0.1) is 0 Å². The highest BCUT2D eigenvalue weighted by Gasteiger charge is 2.20. The van der Waals surface area contributed by atoms with Gasteiger partial charge in [-0.3, -0.25) is 0 Å². The molecule has 118 valence electrons. The first-order chi connectivity index (χ1) is 10.1. The van der Waals surface area contributed by atoms with Crippen molar-refractivity contribution in [1.29, 1.82) is 0 Å². The second-order valence-electron chi connectivity index (χ2n) is 5.57. The van der Waals surface area contributed by atoms with Crippen LogP contribution in [0.2, 0.25) is 0 Å². The van der Waals surface area contributed by atoms with Gasteiger partial charge >= 0.3 is 0 Å². The minimum absolute atomic E-state index is 0.301. The van der Waals surface area contributed by atoms with Crippen LogP contribution in [0.4, 0.5) is 0 Å². The van der Waals surface area contributed by atoms with E-state index in [0.717, 1.165) is 36.3 Å². The fourth-order valence-corrected chi connectivity index (χ4v) is 2.75. The molecule has 0 amide bonds. The van der Waals surface area contributed by atoms with Crippen molar-refractivity contribution in [3.8, 4) is 5.75 Å². The number of hydrogen-bond donors (Lipinski definition) is 2. The number of halogens is 1. The average molecular weight is 358 g/mol. The first-order valence-corrected chi connectivity index (χ1v) is 8.32. The molecular formula is C16H24BrNO3. The van der Waals surface area contributed by atoms with Gasteiger partial charge in [-0.05, 0) is 49.9 Å². The Labute approximate surface area is 135 Å². The molecule has 2 unspecified atom stereocenters. The van der Waals surface area contributed by atoms with E-state index >= 15 is 0 Å². The minimum Gasteiger partial charge on any atom is -0.491 e. The molecule has 0 saturated carbocycles. The summed E-state index contributed by atoms with van der Waals surface area (Å²) in [5.41, 5.74) is 0. The van der Waals surface area contributed by atoms with Crippen LogP contribution in [0.15, 0.2) is 28.7 Å². The molecule has 1 fully saturated rings. The highest BCUT2D eigenvalue weighted by atomic mass is 79.9. The molecule has 2 N–H and O–H groups in total. The fourth-order valence-electron chi connectivity index (χ4n) is 2.49.